The summed E-state index contributed by atoms with van der Waals surface area (Å²) in [5.41, 5.74) is 3.89. The number of aromatic nitrogens is 1. The van der Waals surface area contributed by atoms with E-state index in [-0.39, 0.29) is 16.7 Å². The second kappa shape index (κ2) is 5.21. The van der Waals surface area contributed by atoms with Gasteiger partial charge >= 0.3 is 0 Å². The molecule has 3 heteroatoms. The fourth-order valence-corrected chi connectivity index (χ4v) is 3.20. The summed E-state index contributed by atoms with van der Waals surface area (Å²) < 4.78 is 31.8. The highest BCUT2D eigenvalue weighted by molar-refractivity contribution is 6.10. The lowest BCUT2D eigenvalue weighted by Crippen LogP contribution is -2.30. The lowest BCUT2D eigenvalue weighted by atomic mass is 9.99. The summed E-state index contributed by atoms with van der Waals surface area (Å²) in [5.74, 6) is 0. The number of hydrogen-bond acceptors (Lipinski definition) is 2. The van der Waals surface area contributed by atoms with Gasteiger partial charge in [0, 0.05) is 32.6 Å². The maximum atomic E-state index is 9.38. The van der Waals surface area contributed by atoms with E-state index in [1.165, 1.54) is 0 Å². The first-order chi connectivity index (χ1) is 12.8. The minimum atomic E-state index is -2.44. The number of benzene rings is 2. The number of aryl methyl sites for hydroxylation is 3. The first kappa shape index (κ1) is 11.4. The molecule has 0 saturated carbocycles. The topological polar surface area (TPSA) is 40.8 Å². The molecular weight excluding hydrogens is 296 g/mol. The Morgan fingerprint density at radius 1 is 1.08 bits per heavy atom. The normalized spacial score (nSPS) is 13.5. The molecule has 0 fully saturated rings. The third-order valence-corrected chi connectivity index (χ3v) is 4.45. The molecule has 0 aliphatic carbocycles. The summed E-state index contributed by atoms with van der Waals surface area (Å²) in [6.07, 6.45) is 1.96. The summed E-state index contributed by atoms with van der Waals surface area (Å²) in [6.45, 7) is -0.439. The minimum Gasteiger partial charge on any atom is -0.455 e. The Hall–Kier alpha value is -3.12. The molecule has 3 nitrogen and oxygen atoms in total. The van der Waals surface area contributed by atoms with Gasteiger partial charge in [0.2, 0.25) is 5.69 Å². The Bertz CT molecular complexity index is 1250. The van der Waals surface area contributed by atoms with E-state index < -0.39 is 6.85 Å². The fourth-order valence-electron chi connectivity index (χ4n) is 3.20. The van der Waals surface area contributed by atoms with E-state index in [2.05, 4.69) is 0 Å². The van der Waals surface area contributed by atoms with Crippen LogP contribution < -0.4 is 4.57 Å². The van der Waals surface area contributed by atoms with Crippen molar-refractivity contribution in [1.29, 1.82) is 5.26 Å². The molecule has 0 saturated heterocycles. The van der Waals surface area contributed by atoms with Crippen molar-refractivity contribution in [3.63, 3.8) is 0 Å². The molecule has 2 aromatic heterocycles. The molecule has 2 heterocycles. The molecule has 24 heavy (non-hydrogen) atoms. The first-order valence-corrected chi connectivity index (χ1v) is 7.67. The van der Waals surface area contributed by atoms with Crippen LogP contribution in [0.2, 0.25) is 0 Å². The quantitative estimate of drug-likeness (QED) is 0.483. The average molecular weight is 316 g/mol. The summed E-state index contributed by atoms with van der Waals surface area (Å²) in [4.78, 5) is 0. The number of hydrogen-bond donors (Lipinski definition) is 0. The molecule has 0 bridgehead atoms. The molecule has 0 radical (unpaired) electrons. The minimum absolute atomic E-state index is 0.0280. The van der Waals surface area contributed by atoms with Gasteiger partial charge in [0.1, 0.15) is 18.2 Å². The van der Waals surface area contributed by atoms with Gasteiger partial charge < -0.3 is 4.42 Å². The molecule has 4 aromatic rings. The summed E-state index contributed by atoms with van der Waals surface area (Å²) in [5, 5.41) is 10.9. The standard InChI is InChI=1S/C21H17N2O/c1-13-7-9-17-16-10-8-15(12-22)14(2)20(16)24-21(17)19(13)18-6-4-5-11-23(18)3/h4-11H,1-3H3/q+1/i2D3. The Morgan fingerprint density at radius 3 is 2.62 bits per heavy atom. The predicted octanol–water partition coefficient (Wildman–Crippen LogP) is 4.57. The molecule has 0 spiro atoms. The van der Waals surface area contributed by atoms with Crippen molar-refractivity contribution in [3.05, 3.63) is 65.4 Å². The molecule has 0 atom stereocenters. The zero-order valence-corrected chi connectivity index (χ0v) is 13.4. The highest BCUT2D eigenvalue weighted by Gasteiger charge is 2.21. The van der Waals surface area contributed by atoms with Gasteiger partial charge in [-0.1, -0.05) is 12.1 Å². The van der Waals surface area contributed by atoms with Crippen molar-refractivity contribution in [1.82, 2.24) is 0 Å². The number of fused-ring (bicyclic) bond motifs is 3. The Balaban J connectivity index is 2.19. The molecular formula is C21H17N2O+. The highest BCUT2D eigenvalue weighted by atomic mass is 16.3. The zero-order valence-electron chi connectivity index (χ0n) is 16.4. The van der Waals surface area contributed by atoms with Crippen LogP contribution in [0.4, 0.5) is 0 Å². The van der Waals surface area contributed by atoms with E-state index in [9.17, 15) is 5.26 Å². The average Bonchev–Trinajstić information content (AvgIpc) is 2.99. The van der Waals surface area contributed by atoms with Gasteiger partial charge in [-0.25, -0.2) is 4.57 Å². The second-order valence-electron chi connectivity index (χ2n) is 5.91. The molecule has 0 unspecified atom stereocenters. The highest BCUT2D eigenvalue weighted by Crippen LogP contribution is 2.38. The van der Waals surface area contributed by atoms with Crippen LogP contribution in [0, 0.1) is 25.1 Å². The Morgan fingerprint density at radius 2 is 1.88 bits per heavy atom. The third kappa shape index (κ3) is 1.93. The number of rotatable bonds is 1. The summed E-state index contributed by atoms with van der Waals surface area (Å²) >= 11 is 0. The van der Waals surface area contributed by atoms with Crippen LogP contribution in [-0.4, -0.2) is 0 Å². The Kier molecular flexibility index (Phi) is 2.48. The largest absolute Gasteiger partial charge is 0.455 e. The molecule has 0 aliphatic heterocycles. The van der Waals surface area contributed by atoms with E-state index in [1.807, 2.05) is 61.1 Å². The van der Waals surface area contributed by atoms with Crippen LogP contribution in [0.3, 0.4) is 0 Å². The lowest BCUT2D eigenvalue weighted by Gasteiger charge is -2.04. The van der Waals surface area contributed by atoms with Crippen molar-refractivity contribution < 1.29 is 13.1 Å². The van der Waals surface area contributed by atoms with Crippen LogP contribution >= 0.6 is 0 Å². The number of furan rings is 1. The SMILES string of the molecule is [2H]C([2H])([2H])c1c(C#N)ccc2c1oc1c(-c3cccc[n+]3C)c(C)ccc12. The third-order valence-electron chi connectivity index (χ3n) is 4.45. The second-order valence-corrected chi connectivity index (χ2v) is 5.91. The van der Waals surface area contributed by atoms with Crippen molar-refractivity contribution in [2.75, 3.05) is 0 Å². The van der Waals surface area contributed by atoms with Gasteiger partial charge in [-0.2, -0.15) is 5.26 Å². The van der Waals surface area contributed by atoms with Gasteiger partial charge in [0.15, 0.2) is 6.20 Å². The van der Waals surface area contributed by atoms with Crippen LogP contribution in [0.25, 0.3) is 33.2 Å². The van der Waals surface area contributed by atoms with Gasteiger partial charge in [0.25, 0.3) is 0 Å². The van der Waals surface area contributed by atoms with Crippen molar-refractivity contribution >= 4 is 21.9 Å². The van der Waals surface area contributed by atoms with E-state index in [0.29, 0.717) is 11.0 Å². The van der Waals surface area contributed by atoms with E-state index in [0.717, 1.165) is 22.2 Å². The van der Waals surface area contributed by atoms with E-state index in [1.54, 1.807) is 12.1 Å². The molecule has 0 N–H and O–H groups in total. The monoisotopic (exact) mass is 316 g/mol. The van der Waals surface area contributed by atoms with Crippen LogP contribution in [-0.2, 0) is 7.05 Å². The molecule has 0 aliphatic rings. The van der Waals surface area contributed by atoms with Gasteiger partial charge in [0.05, 0.1) is 17.2 Å². The fraction of sp³-hybridized carbons (Fsp3) is 0.143. The van der Waals surface area contributed by atoms with Crippen LogP contribution in [0.1, 0.15) is 20.8 Å². The maximum absolute atomic E-state index is 9.38. The smallest absolute Gasteiger partial charge is 0.216 e. The molecule has 0 amide bonds. The summed E-state index contributed by atoms with van der Waals surface area (Å²) in [6, 6.07) is 15.2. The van der Waals surface area contributed by atoms with Crippen molar-refractivity contribution in [2.24, 2.45) is 7.05 Å². The van der Waals surface area contributed by atoms with Crippen LogP contribution in [0.5, 0.6) is 0 Å². The number of pyridine rings is 1. The van der Waals surface area contributed by atoms with Gasteiger partial charge in [-0.15, -0.1) is 0 Å². The number of nitrogens with zero attached hydrogens (tertiary/aromatic N) is 2. The molecule has 116 valence electrons. The van der Waals surface area contributed by atoms with Gasteiger partial charge in [-0.05, 0) is 37.5 Å². The van der Waals surface area contributed by atoms with E-state index >= 15 is 0 Å². The first-order valence-electron chi connectivity index (χ1n) is 9.17. The van der Waals surface area contributed by atoms with Crippen LogP contribution in [0.15, 0.2) is 53.1 Å². The lowest BCUT2D eigenvalue weighted by molar-refractivity contribution is -0.660. The van der Waals surface area contributed by atoms with Crippen molar-refractivity contribution in [3.8, 4) is 17.3 Å². The van der Waals surface area contributed by atoms with Gasteiger partial charge in [-0.3, -0.25) is 0 Å². The predicted molar refractivity (Wildman–Crippen MR) is 94.5 cm³/mol. The number of nitriles is 1. The molecule has 4 rings (SSSR count). The van der Waals surface area contributed by atoms with E-state index in [4.69, 9.17) is 8.53 Å². The Labute approximate surface area is 144 Å². The summed E-state index contributed by atoms with van der Waals surface area (Å²) in [7, 11) is 1.96. The zero-order chi connectivity index (χ0) is 19.3. The molecule has 2 aromatic carbocycles. The maximum Gasteiger partial charge on any atom is 0.216 e. The van der Waals surface area contributed by atoms with Crippen molar-refractivity contribution in [2.45, 2.75) is 13.8 Å².